The van der Waals surface area contributed by atoms with Crippen LogP contribution in [0, 0.1) is 6.92 Å². The van der Waals surface area contributed by atoms with Crippen LogP contribution in [0.15, 0.2) is 72.8 Å². The van der Waals surface area contributed by atoms with Gasteiger partial charge in [0, 0.05) is 48.0 Å². The van der Waals surface area contributed by atoms with Crippen LogP contribution in [0.5, 0.6) is 5.75 Å². The van der Waals surface area contributed by atoms with Crippen LogP contribution in [0.25, 0.3) is 0 Å². The summed E-state index contributed by atoms with van der Waals surface area (Å²) in [6.07, 6.45) is 0. The maximum Gasteiger partial charge on any atom is 0.260 e. The average Bonchev–Trinajstić information content (AvgIpc) is 2.83. The molecule has 0 atom stereocenters. The van der Waals surface area contributed by atoms with E-state index in [-0.39, 0.29) is 18.3 Å². The predicted octanol–water partition coefficient (Wildman–Crippen LogP) is 4.61. The van der Waals surface area contributed by atoms with Crippen molar-refractivity contribution in [1.29, 1.82) is 0 Å². The molecule has 0 spiro atoms. The summed E-state index contributed by atoms with van der Waals surface area (Å²) in [7, 11) is 0. The summed E-state index contributed by atoms with van der Waals surface area (Å²) in [5.74, 6) is 0.440. The molecule has 0 bridgehead atoms. The van der Waals surface area contributed by atoms with Gasteiger partial charge in [-0.25, -0.2) is 0 Å². The lowest BCUT2D eigenvalue weighted by atomic mass is 10.0. The van der Waals surface area contributed by atoms with Crippen molar-refractivity contribution in [1.82, 2.24) is 4.90 Å². The largest absolute Gasteiger partial charge is 0.484 e. The van der Waals surface area contributed by atoms with Gasteiger partial charge in [-0.15, -0.1) is 0 Å². The van der Waals surface area contributed by atoms with Crippen molar-refractivity contribution in [2.75, 3.05) is 37.7 Å². The first-order valence-electron chi connectivity index (χ1n) is 10.6. The number of amides is 1. The van der Waals surface area contributed by atoms with Crippen molar-refractivity contribution in [2.45, 2.75) is 6.92 Å². The second-order valence-corrected chi connectivity index (χ2v) is 8.29. The fourth-order valence-electron chi connectivity index (χ4n) is 3.75. The van der Waals surface area contributed by atoms with Crippen molar-refractivity contribution in [3.63, 3.8) is 0 Å². The highest BCUT2D eigenvalue weighted by atomic mass is 35.5. The molecule has 0 radical (unpaired) electrons. The average molecular weight is 449 g/mol. The van der Waals surface area contributed by atoms with Crippen molar-refractivity contribution < 1.29 is 14.3 Å². The van der Waals surface area contributed by atoms with E-state index >= 15 is 0 Å². The molecule has 3 aromatic carbocycles. The molecule has 0 aliphatic carbocycles. The van der Waals surface area contributed by atoms with Crippen LogP contribution >= 0.6 is 11.6 Å². The van der Waals surface area contributed by atoms with Crippen LogP contribution in [-0.2, 0) is 4.79 Å². The lowest BCUT2D eigenvalue weighted by molar-refractivity contribution is -0.133. The number of ketones is 1. The third-order valence-electron chi connectivity index (χ3n) is 5.58. The number of hydrogen-bond donors (Lipinski definition) is 0. The van der Waals surface area contributed by atoms with Gasteiger partial charge in [-0.2, -0.15) is 0 Å². The summed E-state index contributed by atoms with van der Waals surface area (Å²) in [4.78, 5) is 29.3. The summed E-state index contributed by atoms with van der Waals surface area (Å²) in [6, 6.07) is 22.0. The standard InChI is InChI=1S/C26H25ClN2O3/c1-19-3-2-4-23(17-19)28-13-15-29(16-14-28)25(30)18-32-24-11-7-21(8-12-24)26(31)20-5-9-22(27)10-6-20/h2-12,17H,13-16,18H2,1H3. The molecular weight excluding hydrogens is 424 g/mol. The molecule has 0 N–H and O–H groups in total. The number of rotatable bonds is 6. The zero-order valence-corrected chi connectivity index (χ0v) is 18.7. The number of carbonyl (C=O) groups excluding carboxylic acids is 2. The van der Waals surface area contributed by atoms with Crippen molar-refractivity contribution in [2.24, 2.45) is 0 Å². The number of nitrogens with zero attached hydrogens (tertiary/aromatic N) is 2. The van der Waals surface area contributed by atoms with Gasteiger partial charge in [-0.05, 0) is 73.2 Å². The molecule has 0 aromatic heterocycles. The fraction of sp³-hybridized carbons (Fsp3) is 0.231. The lowest BCUT2D eigenvalue weighted by Gasteiger charge is -2.36. The number of halogens is 1. The van der Waals surface area contributed by atoms with E-state index in [1.807, 2.05) is 4.90 Å². The van der Waals surface area contributed by atoms with Crippen LogP contribution in [0.3, 0.4) is 0 Å². The molecule has 1 heterocycles. The molecule has 1 saturated heterocycles. The highest BCUT2D eigenvalue weighted by molar-refractivity contribution is 6.30. The van der Waals surface area contributed by atoms with Gasteiger partial charge < -0.3 is 14.5 Å². The normalized spacial score (nSPS) is 13.7. The van der Waals surface area contributed by atoms with Crippen LogP contribution in [0.4, 0.5) is 5.69 Å². The molecule has 0 saturated carbocycles. The van der Waals surface area contributed by atoms with Gasteiger partial charge in [-0.3, -0.25) is 9.59 Å². The number of anilines is 1. The second-order valence-electron chi connectivity index (χ2n) is 7.86. The van der Waals surface area contributed by atoms with E-state index in [0.29, 0.717) is 35.0 Å². The summed E-state index contributed by atoms with van der Waals surface area (Å²) >= 11 is 5.88. The van der Waals surface area contributed by atoms with Crippen molar-refractivity contribution in [3.05, 3.63) is 94.5 Å². The van der Waals surface area contributed by atoms with Gasteiger partial charge in [0.1, 0.15) is 5.75 Å². The van der Waals surface area contributed by atoms with Gasteiger partial charge >= 0.3 is 0 Å². The van der Waals surface area contributed by atoms with Gasteiger partial charge in [0.25, 0.3) is 5.91 Å². The minimum atomic E-state index is -0.0872. The first-order valence-corrected chi connectivity index (χ1v) is 11.0. The Morgan fingerprint density at radius 1 is 0.875 bits per heavy atom. The lowest BCUT2D eigenvalue weighted by Crippen LogP contribution is -2.50. The predicted molar refractivity (Wildman–Crippen MR) is 127 cm³/mol. The number of aryl methyl sites for hydroxylation is 1. The van der Waals surface area contributed by atoms with Crippen LogP contribution < -0.4 is 9.64 Å². The van der Waals surface area contributed by atoms with E-state index in [9.17, 15) is 9.59 Å². The number of hydrogen-bond acceptors (Lipinski definition) is 4. The fourth-order valence-corrected chi connectivity index (χ4v) is 3.87. The molecule has 6 heteroatoms. The molecule has 4 rings (SSSR count). The molecule has 3 aromatic rings. The van der Waals surface area contributed by atoms with E-state index < -0.39 is 0 Å². The smallest absolute Gasteiger partial charge is 0.260 e. The van der Waals surface area contributed by atoms with Crippen molar-refractivity contribution in [3.8, 4) is 5.75 Å². The van der Waals surface area contributed by atoms with E-state index in [2.05, 4.69) is 36.1 Å². The summed E-state index contributed by atoms with van der Waals surface area (Å²) in [5.41, 5.74) is 3.55. The Morgan fingerprint density at radius 3 is 2.12 bits per heavy atom. The highest BCUT2D eigenvalue weighted by Crippen LogP contribution is 2.19. The molecule has 0 unspecified atom stereocenters. The van der Waals surface area contributed by atoms with Crippen LogP contribution in [0.1, 0.15) is 21.5 Å². The van der Waals surface area contributed by atoms with E-state index in [1.165, 1.54) is 11.3 Å². The first kappa shape index (κ1) is 21.9. The Hall–Kier alpha value is -3.31. The summed E-state index contributed by atoms with van der Waals surface area (Å²) < 4.78 is 5.67. The molecule has 1 aliphatic heterocycles. The Bertz CT molecular complexity index is 1090. The van der Waals surface area contributed by atoms with Gasteiger partial charge in [0.2, 0.25) is 0 Å². The van der Waals surface area contributed by atoms with Gasteiger partial charge in [0.05, 0.1) is 0 Å². The van der Waals surface area contributed by atoms with Crippen LogP contribution in [-0.4, -0.2) is 49.4 Å². The minimum Gasteiger partial charge on any atom is -0.484 e. The van der Waals surface area contributed by atoms with E-state index in [1.54, 1.807) is 48.5 Å². The molecule has 32 heavy (non-hydrogen) atoms. The molecule has 1 amide bonds. The molecule has 164 valence electrons. The Labute approximate surface area is 193 Å². The Balaban J connectivity index is 1.27. The van der Waals surface area contributed by atoms with E-state index in [4.69, 9.17) is 16.3 Å². The van der Waals surface area contributed by atoms with Crippen molar-refractivity contribution >= 4 is 29.0 Å². The summed E-state index contributed by atoms with van der Waals surface area (Å²) in [6.45, 7) is 5.01. The highest BCUT2D eigenvalue weighted by Gasteiger charge is 2.21. The molecular formula is C26H25ClN2O3. The Kier molecular flexibility index (Phi) is 6.76. The molecule has 1 aliphatic rings. The second kappa shape index (κ2) is 9.88. The number of carbonyl (C=O) groups is 2. The zero-order valence-electron chi connectivity index (χ0n) is 18.0. The maximum absolute atomic E-state index is 12.6. The third kappa shape index (κ3) is 5.29. The number of benzene rings is 3. The van der Waals surface area contributed by atoms with Gasteiger partial charge in [-0.1, -0.05) is 23.7 Å². The molecule has 1 fully saturated rings. The SMILES string of the molecule is Cc1cccc(N2CCN(C(=O)COc3ccc(C(=O)c4ccc(Cl)cc4)cc3)CC2)c1. The Morgan fingerprint density at radius 2 is 1.50 bits per heavy atom. The third-order valence-corrected chi connectivity index (χ3v) is 5.84. The summed E-state index contributed by atoms with van der Waals surface area (Å²) in [5, 5.41) is 0.589. The topological polar surface area (TPSA) is 49.9 Å². The monoisotopic (exact) mass is 448 g/mol. The van der Waals surface area contributed by atoms with Gasteiger partial charge in [0.15, 0.2) is 12.4 Å². The van der Waals surface area contributed by atoms with E-state index in [0.717, 1.165) is 13.1 Å². The maximum atomic E-state index is 12.6. The first-order chi connectivity index (χ1) is 15.5. The quantitative estimate of drug-likeness (QED) is 0.517. The number of piperazine rings is 1. The minimum absolute atomic E-state index is 0.0189. The molecule has 5 nitrogen and oxygen atoms in total. The number of ether oxygens (including phenoxy) is 1. The van der Waals surface area contributed by atoms with Crippen LogP contribution in [0.2, 0.25) is 5.02 Å². The zero-order chi connectivity index (χ0) is 22.5.